The summed E-state index contributed by atoms with van der Waals surface area (Å²) < 4.78 is 0. The van der Waals surface area contributed by atoms with E-state index >= 15 is 0 Å². The van der Waals surface area contributed by atoms with Crippen molar-refractivity contribution in [1.82, 2.24) is 0 Å². The van der Waals surface area contributed by atoms with Crippen LogP contribution >= 0.6 is 11.6 Å². The van der Waals surface area contributed by atoms with E-state index in [1.807, 2.05) is 13.8 Å². The molecular weight excluding hydrogens is 212 g/mol. The van der Waals surface area contributed by atoms with Crippen LogP contribution in [0.25, 0.3) is 0 Å². The SMILES string of the molecule is Cc1cc2c(c(C)c1Cl)C(O)C(C)C2=O. The number of aryl methyl sites for hydroxylation is 1. The largest absolute Gasteiger partial charge is 0.388 e. The molecule has 0 aromatic heterocycles. The summed E-state index contributed by atoms with van der Waals surface area (Å²) in [7, 11) is 0. The highest BCUT2D eigenvalue weighted by molar-refractivity contribution is 6.32. The molecule has 1 aliphatic rings. The van der Waals surface area contributed by atoms with Crippen LogP contribution in [0.1, 0.15) is 40.1 Å². The smallest absolute Gasteiger partial charge is 0.168 e. The zero-order chi connectivity index (χ0) is 11.3. The monoisotopic (exact) mass is 224 g/mol. The van der Waals surface area contributed by atoms with E-state index < -0.39 is 6.10 Å². The van der Waals surface area contributed by atoms with E-state index in [1.165, 1.54) is 0 Å². The fourth-order valence-electron chi connectivity index (χ4n) is 2.20. The lowest BCUT2D eigenvalue weighted by atomic mass is 9.99. The predicted octanol–water partition coefficient (Wildman–Crippen LogP) is 2.82. The van der Waals surface area contributed by atoms with Crippen molar-refractivity contribution >= 4 is 17.4 Å². The van der Waals surface area contributed by atoms with Gasteiger partial charge in [0.15, 0.2) is 5.78 Å². The minimum Gasteiger partial charge on any atom is -0.388 e. The third-order valence-corrected chi connectivity index (χ3v) is 3.76. The second-order valence-electron chi connectivity index (χ2n) is 4.19. The Morgan fingerprint density at radius 1 is 1.40 bits per heavy atom. The number of rotatable bonds is 0. The molecule has 0 aliphatic heterocycles. The number of hydrogen-bond donors (Lipinski definition) is 1. The van der Waals surface area contributed by atoms with E-state index in [0.29, 0.717) is 16.1 Å². The number of benzene rings is 1. The maximum Gasteiger partial charge on any atom is 0.168 e. The molecule has 0 heterocycles. The molecule has 2 nitrogen and oxygen atoms in total. The minimum absolute atomic E-state index is 0.0142. The third-order valence-electron chi connectivity index (χ3n) is 3.18. The van der Waals surface area contributed by atoms with Gasteiger partial charge in [0.05, 0.1) is 6.10 Å². The molecular formula is C12H13ClO2. The van der Waals surface area contributed by atoms with Gasteiger partial charge in [-0.3, -0.25) is 4.79 Å². The maximum absolute atomic E-state index is 11.8. The van der Waals surface area contributed by atoms with Gasteiger partial charge in [0.25, 0.3) is 0 Å². The van der Waals surface area contributed by atoms with Crippen molar-refractivity contribution in [2.45, 2.75) is 26.9 Å². The lowest BCUT2D eigenvalue weighted by molar-refractivity contribution is 0.0789. The Balaban J connectivity index is 2.75. The number of ketones is 1. The van der Waals surface area contributed by atoms with Gasteiger partial charge in [-0.15, -0.1) is 0 Å². The summed E-state index contributed by atoms with van der Waals surface area (Å²) in [5.74, 6) is -0.336. The van der Waals surface area contributed by atoms with Crippen LogP contribution in [0, 0.1) is 19.8 Å². The summed E-state index contributed by atoms with van der Waals surface area (Å²) in [6.07, 6.45) is -0.703. The molecule has 2 unspecified atom stereocenters. The molecule has 0 amide bonds. The van der Waals surface area contributed by atoms with Crippen LogP contribution in [-0.4, -0.2) is 10.9 Å². The first-order valence-electron chi connectivity index (χ1n) is 4.97. The number of fused-ring (bicyclic) bond motifs is 1. The molecule has 0 saturated carbocycles. The lowest BCUT2D eigenvalue weighted by Crippen LogP contribution is -2.08. The summed E-state index contributed by atoms with van der Waals surface area (Å²) in [5.41, 5.74) is 3.07. The van der Waals surface area contributed by atoms with E-state index in [2.05, 4.69) is 0 Å². The number of Topliss-reactive ketones (excluding diaryl/α,β-unsaturated/α-hetero) is 1. The zero-order valence-electron chi connectivity index (χ0n) is 8.97. The van der Waals surface area contributed by atoms with Crippen LogP contribution in [0.4, 0.5) is 0 Å². The van der Waals surface area contributed by atoms with Crippen molar-refractivity contribution in [3.05, 3.63) is 33.3 Å². The van der Waals surface area contributed by atoms with Gasteiger partial charge in [0.2, 0.25) is 0 Å². The number of carbonyl (C=O) groups is 1. The van der Waals surface area contributed by atoms with E-state index in [-0.39, 0.29) is 11.7 Å². The van der Waals surface area contributed by atoms with Gasteiger partial charge in [-0.25, -0.2) is 0 Å². The Bertz CT molecular complexity index is 451. The summed E-state index contributed by atoms with van der Waals surface area (Å²) in [5, 5.41) is 10.6. The molecule has 0 bridgehead atoms. The fourth-order valence-corrected chi connectivity index (χ4v) is 2.35. The normalized spacial score (nSPS) is 24.5. The zero-order valence-corrected chi connectivity index (χ0v) is 9.72. The molecule has 2 rings (SSSR count). The number of hydrogen-bond acceptors (Lipinski definition) is 2. The van der Waals surface area contributed by atoms with Crippen molar-refractivity contribution in [3.63, 3.8) is 0 Å². The van der Waals surface area contributed by atoms with Crippen LogP contribution in [0.15, 0.2) is 6.07 Å². The molecule has 1 aromatic rings. The van der Waals surface area contributed by atoms with E-state index in [0.717, 1.165) is 11.1 Å². The fraction of sp³-hybridized carbons (Fsp3) is 0.417. The second-order valence-corrected chi connectivity index (χ2v) is 4.57. The van der Waals surface area contributed by atoms with Crippen molar-refractivity contribution in [2.24, 2.45) is 5.92 Å². The first-order chi connectivity index (χ1) is 6.95. The number of carbonyl (C=O) groups excluding carboxylic acids is 1. The molecule has 0 radical (unpaired) electrons. The highest BCUT2D eigenvalue weighted by atomic mass is 35.5. The lowest BCUT2D eigenvalue weighted by Gasteiger charge is -2.12. The van der Waals surface area contributed by atoms with Crippen molar-refractivity contribution in [3.8, 4) is 0 Å². The summed E-state index contributed by atoms with van der Waals surface area (Å²) in [6.45, 7) is 5.47. The molecule has 3 heteroatoms. The predicted molar refractivity (Wildman–Crippen MR) is 59.4 cm³/mol. The van der Waals surface area contributed by atoms with Gasteiger partial charge in [-0.2, -0.15) is 0 Å². The first-order valence-corrected chi connectivity index (χ1v) is 5.34. The van der Waals surface area contributed by atoms with Crippen LogP contribution < -0.4 is 0 Å². The Morgan fingerprint density at radius 2 is 2.00 bits per heavy atom. The topological polar surface area (TPSA) is 37.3 Å². The molecule has 1 aliphatic carbocycles. The van der Waals surface area contributed by atoms with Crippen molar-refractivity contribution in [2.75, 3.05) is 0 Å². The van der Waals surface area contributed by atoms with Crippen molar-refractivity contribution < 1.29 is 9.90 Å². The van der Waals surface area contributed by atoms with E-state index in [9.17, 15) is 9.90 Å². The average Bonchev–Trinajstić information content (AvgIpc) is 2.40. The molecule has 80 valence electrons. The van der Waals surface area contributed by atoms with Gasteiger partial charge in [-0.1, -0.05) is 18.5 Å². The van der Waals surface area contributed by atoms with Crippen molar-refractivity contribution in [1.29, 1.82) is 0 Å². The van der Waals surface area contributed by atoms with Gasteiger partial charge >= 0.3 is 0 Å². The summed E-state index contributed by atoms with van der Waals surface area (Å²) in [4.78, 5) is 11.8. The Labute approximate surface area is 93.9 Å². The van der Waals surface area contributed by atoms with Gasteiger partial charge in [0.1, 0.15) is 0 Å². The second kappa shape index (κ2) is 3.32. The average molecular weight is 225 g/mol. The molecule has 2 atom stereocenters. The quantitative estimate of drug-likeness (QED) is 0.736. The first kappa shape index (κ1) is 10.7. The molecule has 0 saturated heterocycles. The van der Waals surface area contributed by atoms with Crippen LogP contribution in [-0.2, 0) is 0 Å². The number of aliphatic hydroxyl groups is 1. The number of halogens is 1. The van der Waals surface area contributed by atoms with Gasteiger partial charge in [-0.05, 0) is 36.6 Å². The van der Waals surface area contributed by atoms with Crippen LogP contribution in [0.5, 0.6) is 0 Å². The third kappa shape index (κ3) is 1.32. The van der Waals surface area contributed by atoms with E-state index in [4.69, 9.17) is 11.6 Å². The molecule has 1 aromatic carbocycles. The van der Waals surface area contributed by atoms with Gasteiger partial charge < -0.3 is 5.11 Å². The van der Waals surface area contributed by atoms with Crippen LogP contribution in [0.3, 0.4) is 0 Å². The Kier molecular flexibility index (Phi) is 2.36. The number of aliphatic hydroxyl groups excluding tert-OH is 1. The highest BCUT2D eigenvalue weighted by Crippen LogP contribution is 2.41. The maximum atomic E-state index is 11.8. The molecule has 15 heavy (non-hydrogen) atoms. The Hall–Kier alpha value is -0.860. The highest BCUT2D eigenvalue weighted by Gasteiger charge is 2.37. The Morgan fingerprint density at radius 3 is 2.60 bits per heavy atom. The minimum atomic E-state index is -0.703. The van der Waals surface area contributed by atoms with Gasteiger partial charge in [0, 0.05) is 16.5 Å². The molecule has 0 fully saturated rings. The van der Waals surface area contributed by atoms with E-state index in [1.54, 1.807) is 13.0 Å². The molecule has 0 spiro atoms. The summed E-state index contributed by atoms with van der Waals surface area (Å²) >= 11 is 6.10. The van der Waals surface area contributed by atoms with Crippen LogP contribution in [0.2, 0.25) is 5.02 Å². The summed E-state index contributed by atoms with van der Waals surface area (Å²) in [6, 6.07) is 1.78. The standard InChI is InChI=1S/C12H13ClO2/c1-5-4-8-9(6(2)10(5)13)12(15)7(3)11(8)14/h4,7,12,15H,1-3H3. The molecule has 1 N–H and O–H groups in total.